The molecule has 8 nitrogen and oxygen atoms in total. The van der Waals surface area contributed by atoms with Gasteiger partial charge in [0.15, 0.2) is 11.2 Å². The van der Waals surface area contributed by atoms with Gasteiger partial charge in [-0.25, -0.2) is 4.98 Å². The molecule has 0 spiro atoms. The molecule has 29 heavy (non-hydrogen) atoms. The zero-order chi connectivity index (χ0) is 21.0. The summed E-state index contributed by atoms with van der Waals surface area (Å²) >= 11 is 1.23. The van der Waals surface area contributed by atoms with E-state index in [1.54, 1.807) is 62.7 Å². The lowest BCUT2D eigenvalue weighted by Crippen LogP contribution is -2.30. The summed E-state index contributed by atoms with van der Waals surface area (Å²) in [5, 5.41) is 16.0. The Morgan fingerprint density at radius 2 is 1.90 bits per heavy atom. The van der Waals surface area contributed by atoms with E-state index < -0.39 is 11.0 Å². The Balaban J connectivity index is 1.66. The molecule has 150 valence electrons. The highest BCUT2D eigenvalue weighted by Crippen LogP contribution is 2.29. The Kier molecular flexibility index (Phi) is 6.08. The van der Waals surface area contributed by atoms with Gasteiger partial charge in [0.25, 0.3) is 11.6 Å². The molecule has 0 aliphatic heterocycles. The maximum Gasteiger partial charge on any atom is 0.272 e. The fraction of sp³-hybridized carbons (Fsp3) is 0.200. The summed E-state index contributed by atoms with van der Waals surface area (Å²) in [6.07, 6.45) is -0.740. The predicted octanol–water partition coefficient (Wildman–Crippen LogP) is 4.44. The van der Waals surface area contributed by atoms with Gasteiger partial charge in [0, 0.05) is 22.6 Å². The van der Waals surface area contributed by atoms with Crippen molar-refractivity contribution in [2.24, 2.45) is 0 Å². The molecular weight excluding hydrogens is 394 g/mol. The molecule has 0 fully saturated rings. The molecule has 0 bridgehead atoms. The summed E-state index contributed by atoms with van der Waals surface area (Å²) in [7, 11) is 1.57. The topological polar surface area (TPSA) is 104 Å². The first kappa shape index (κ1) is 20.3. The van der Waals surface area contributed by atoms with Crippen LogP contribution >= 0.6 is 11.3 Å². The van der Waals surface area contributed by atoms with Crippen molar-refractivity contribution in [3.05, 3.63) is 63.5 Å². The van der Waals surface area contributed by atoms with Gasteiger partial charge in [-0.1, -0.05) is 12.1 Å². The average Bonchev–Trinajstić information content (AvgIpc) is 3.17. The first-order valence-corrected chi connectivity index (χ1v) is 9.58. The molecule has 2 aromatic carbocycles. The Labute approximate surface area is 171 Å². The lowest BCUT2D eigenvalue weighted by Gasteiger charge is -2.14. The second-order valence-electron chi connectivity index (χ2n) is 6.22. The van der Waals surface area contributed by atoms with Crippen LogP contribution in [-0.2, 0) is 4.79 Å². The van der Waals surface area contributed by atoms with Gasteiger partial charge in [-0.15, -0.1) is 11.3 Å². The number of hydrogen-bond donors (Lipinski definition) is 1. The van der Waals surface area contributed by atoms with E-state index in [1.165, 1.54) is 17.4 Å². The molecule has 1 atom stereocenters. The van der Waals surface area contributed by atoms with Crippen molar-refractivity contribution in [1.82, 2.24) is 4.98 Å². The first-order valence-electron chi connectivity index (χ1n) is 8.70. The van der Waals surface area contributed by atoms with E-state index in [-0.39, 0.29) is 11.6 Å². The Morgan fingerprint density at radius 3 is 2.55 bits per heavy atom. The maximum atomic E-state index is 12.4. The number of methoxy groups -OCH3 is 1. The molecule has 1 unspecified atom stereocenters. The third kappa shape index (κ3) is 4.88. The summed E-state index contributed by atoms with van der Waals surface area (Å²) in [5.74, 6) is 0.887. The maximum absolute atomic E-state index is 12.4. The fourth-order valence-electron chi connectivity index (χ4n) is 2.55. The van der Waals surface area contributed by atoms with Crippen molar-refractivity contribution in [3.63, 3.8) is 0 Å². The molecule has 9 heteroatoms. The predicted molar refractivity (Wildman–Crippen MR) is 111 cm³/mol. The number of nitro groups is 1. The number of rotatable bonds is 7. The molecule has 1 heterocycles. The summed E-state index contributed by atoms with van der Waals surface area (Å²) in [6.45, 7) is 3.32. The van der Waals surface area contributed by atoms with Gasteiger partial charge < -0.3 is 9.47 Å². The van der Waals surface area contributed by atoms with Crippen LogP contribution in [0.4, 0.5) is 10.8 Å². The first-order chi connectivity index (χ1) is 13.9. The summed E-state index contributed by atoms with van der Waals surface area (Å²) in [4.78, 5) is 27.4. The number of nitro benzene ring substituents is 1. The fourth-order valence-corrected chi connectivity index (χ4v) is 3.27. The minimum atomic E-state index is -0.740. The largest absolute Gasteiger partial charge is 0.497 e. The normalized spacial score (nSPS) is 11.6. The van der Waals surface area contributed by atoms with Crippen LogP contribution in [0.1, 0.15) is 12.5 Å². The number of aromatic nitrogens is 1. The number of carbonyl (C=O) groups excluding carboxylic acids is 1. The van der Waals surface area contributed by atoms with Gasteiger partial charge in [0.1, 0.15) is 11.5 Å². The highest BCUT2D eigenvalue weighted by Gasteiger charge is 2.18. The van der Waals surface area contributed by atoms with Gasteiger partial charge in [-0.05, 0) is 38.1 Å². The van der Waals surface area contributed by atoms with E-state index in [2.05, 4.69) is 10.3 Å². The minimum Gasteiger partial charge on any atom is -0.497 e. The number of thiazole rings is 1. The highest BCUT2D eigenvalue weighted by molar-refractivity contribution is 7.14. The molecule has 0 saturated heterocycles. The third-order valence-electron chi connectivity index (χ3n) is 4.18. The van der Waals surface area contributed by atoms with Crippen LogP contribution in [0.2, 0.25) is 0 Å². The smallest absolute Gasteiger partial charge is 0.272 e. The number of ether oxygens (including phenoxy) is 2. The molecule has 3 rings (SSSR count). The van der Waals surface area contributed by atoms with E-state index in [1.807, 2.05) is 0 Å². The lowest BCUT2D eigenvalue weighted by molar-refractivity contribution is -0.385. The highest BCUT2D eigenvalue weighted by atomic mass is 32.1. The number of aryl methyl sites for hydroxylation is 1. The molecule has 1 N–H and O–H groups in total. The van der Waals surface area contributed by atoms with E-state index in [4.69, 9.17) is 9.47 Å². The van der Waals surface area contributed by atoms with E-state index >= 15 is 0 Å². The van der Waals surface area contributed by atoms with Crippen LogP contribution in [0.15, 0.2) is 47.8 Å². The van der Waals surface area contributed by atoms with Crippen molar-refractivity contribution in [2.75, 3.05) is 12.4 Å². The van der Waals surface area contributed by atoms with Crippen molar-refractivity contribution < 1.29 is 19.2 Å². The Morgan fingerprint density at radius 1 is 1.21 bits per heavy atom. The molecular formula is C20H19N3O5S. The third-order valence-corrected chi connectivity index (χ3v) is 4.94. The molecule has 0 aliphatic rings. The summed E-state index contributed by atoms with van der Waals surface area (Å²) < 4.78 is 10.7. The summed E-state index contributed by atoms with van der Waals surface area (Å²) in [6, 6.07) is 11.8. The van der Waals surface area contributed by atoms with Gasteiger partial charge >= 0.3 is 0 Å². The number of hydrogen-bond acceptors (Lipinski definition) is 7. The van der Waals surface area contributed by atoms with Gasteiger partial charge in [0.05, 0.1) is 17.7 Å². The number of nitrogens with one attached hydrogen (secondary N) is 1. The SMILES string of the molecule is COc1ccc(OC(C)C(=O)Nc2nc(-c3ccc(C)c([N+](=O)[O-])c3)cs2)cc1. The molecule has 1 amide bonds. The molecule has 3 aromatic rings. The van der Waals surface area contributed by atoms with Crippen molar-refractivity contribution in [1.29, 1.82) is 0 Å². The van der Waals surface area contributed by atoms with Crippen LogP contribution < -0.4 is 14.8 Å². The monoisotopic (exact) mass is 413 g/mol. The van der Waals surface area contributed by atoms with Crippen molar-refractivity contribution in [3.8, 4) is 22.8 Å². The number of anilines is 1. The van der Waals surface area contributed by atoms with Crippen LogP contribution in [-0.4, -0.2) is 29.0 Å². The zero-order valence-corrected chi connectivity index (χ0v) is 16.9. The second kappa shape index (κ2) is 8.70. The van der Waals surface area contributed by atoms with Crippen molar-refractivity contribution >= 4 is 28.1 Å². The number of amides is 1. The van der Waals surface area contributed by atoms with Gasteiger partial charge in [0.2, 0.25) is 0 Å². The number of benzene rings is 2. The van der Waals surface area contributed by atoms with Crippen molar-refractivity contribution in [2.45, 2.75) is 20.0 Å². The Hall–Kier alpha value is -3.46. The summed E-state index contributed by atoms with van der Waals surface area (Å²) in [5.41, 5.74) is 1.77. The van der Waals surface area contributed by atoms with Gasteiger partial charge in [-0.3, -0.25) is 20.2 Å². The van der Waals surface area contributed by atoms with Crippen LogP contribution in [0.25, 0.3) is 11.3 Å². The average molecular weight is 413 g/mol. The molecule has 0 radical (unpaired) electrons. The lowest BCUT2D eigenvalue weighted by atomic mass is 10.1. The molecule has 1 aromatic heterocycles. The second-order valence-corrected chi connectivity index (χ2v) is 7.08. The van der Waals surface area contributed by atoms with Crippen LogP contribution in [0.3, 0.4) is 0 Å². The Bertz CT molecular complexity index is 1030. The number of nitrogens with zero attached hydrogens (tertiary/aromatic N) is 2. The van der Waals surface area contributed by atoms with Crippen LogP contribution in [0, 0.1) is 17.0 Å². The molecule has 0 saturated carbocycles. The van der Waals surface area contributed by atoms with Gasteiger partial charge in [-0.2, -0.15) is 0 Å². The quantitative estimate of drug-likeness (QED) is 0.454. The van der Waals surface area contributed by atoms with E-state index in [9.17, 15) is 14.9 Å². The standard InChI is InChI=1S/C20H19N3O5S/c1-12-4-5-14(10-18(12)23(25)26)17-11-29-20(21-17)22-19(24)13(2)28-16-8-6-15(27-3)7-9-16/h4-11,13H,1-3H3,(H,21,22,24). The zero-order valence-electron chi connectivity index (χ0n) is 16.0. The molecule has 0 aliphatic carbocycles. The van der Waals surface area contributed by atoms with E-state index in [0.29, 0.717) is 33.5 Å². The van der Waals surface area contributed by atoms with E-state index in [0.717, 1.165) is 0 Å². The number of carbonyl (C=O) groups is 1. The van der Waals surface area contributed by atoms with Crippen LogP contribution in [0.5, 0.6) is 11.5 Å². The minimum absolute atomic E-state index is 0.0302.